The standard InChI is InChI=1S/C35H40N2O5/c1-5-6-14-29(35(41)37-31(20-32(38)39)27-12-9-13-28(19-27)42-22(2)3)33-23(4)21-36-34(40)30(33)18-24-15-16-25-10-7-8-11-26(25)17-24/h7-13,15-17,19,21-22,29,31H,5-6,14,18,20H2,1-4H3,(H,36,40)(H,37,41)(H,38,39)/t29?,31-/m0/s1. The van der Waals surface area contributed by atoms with E-state index in [2.05, 4.69) is 23.3 Å². The highest BCUT2D eigenvalue weighted by Crippen LogP contribution is 2.31. The molecule has 0 spiro atoms. The summed E-state index contributed by atoms with van der Waals surface area (Å²) in [4.78, 5) is 42.1. The summed E-state index contributed by atoms with van der Waals surface area (Å²) in [5, 5.41) is 14.9. The summed E-state index contributed by atoms with van der Waals surface area (Å²) < 4.78 is 5.81. The third kappa shape index (κ3) is 7.66. The number of nitrogens with one attached hydrogen (secondary N) is 2. The molecule has 4 rings (SSSR count). The van der Waals surface area contributed by atoms with E-state index in [4.69, 9.17) is 4.74 Å². The maximum absolute atomic E-state index is 14.1. The van der Waals surface area contributed by atoms with Crippen molar-refractivity contribution in [3.63, 3.8) is 0 Å². The Kier molecular flexibility index (Phi) is 10.2. The number of unbranched alkanes of at least 4 members (excludes halogenated alkanes) is 1. The van der Waals surface area contributed by atoms with Crippen molar-refractivity contribution in [1.82, 2.24) is 10.3 Å². The Morgan fingerprint density at radius 3 is 2.48 bits per heavy atom. The minimum absolute atomic E-state index is 0.0497. The molecule has 0 aliphatic carbocycles. The first-order valence-corrected chi connectivity index (χ1v) is 14.6. The number of carboxylic acid groups (broad SMARTS) is 1. The van der Waals surface area contributed by atoms with Crippen LogP contribution in [0.4, 0.5) is 0 Å². The van der Waals surface area contributed by atoms with Gasteiger partial charge in [-0.25, -0.2) is 0 Å². The van der Waals surface area contributed by atoms with Crippen LogP contribution in [0.2, 0.25) is 0 Å². The molecular formula is C35H40N2O5. The molecule has 1 amide bonds. The van der Waals surface area contributed by atoms with Crippen molar-refractivity contribution >= 4 is 22.6 Å². The topological polar surface area (TPSA) is 108 Å². The summed E-state index contributed by atoms with van der Waals surface area (Å²) in [6.07, 6.45) is 3.89. The lowest BCUT2D eigenvalue weighted by molar-refractivity contribution is -0.137. The summed E-state index contributed by atoms with van der Waals surface area (Å²) >= 11 is 0. The highest BCUT2D eigenvalue weighted by Gasteiger charge is 2.29. The van der Waals surface area contributed by atoms with Gasteiger partial charge in [0.15, 0.2) is 0 Å². The van der Waals surface area contributed by atoms with E-state index in [1.807, 2.05) is 63.2 Å². The van der Waals surface area contributed by atoms with Crippen molar-refractivity contribution in [3.8, 4) is 5.75 Å². The molecule has 0 saturated carbocycles. The summed E-state index contributed by atoms with van der Waals surface area (Å²) in [5.41, 5.74) is 3.50. The van der Waals surface area contributed by atoms with Crippen LogP contribution in [-0.2, 0) is 16.0 Å². The molecule has 0 saturated heterocycles. The van der Waals surface area contributed by atoms with Crippen molar-refractivity contribution in [3.05, 3.63) is 111 Å². The van der Waals surface area contributed by atoms with Gasteiger partial charge in [-0.3, -0.25) is 14.4 Å². The van der Waals surface area contributed by atoms with Gasteiger partial charge in [-0.15, -0.1) is 0 Å². The second-order valence-electron chi connectivity index (χ2n) is 11.1. The number of benzene rings is 3. The van der Waals surface area contributed by atoms with Gasteiger partial charge in [0.2, 0.25) is 5.91 Å². The van der Waals surface area contributed by atoms with E-state index in [0.29, 0.717) is 35.3 Å². The van der Waals surface area contributed by atoms with E-state index in [0.717, 1.165) is 34.7 Å². The minimum atomic E-state index is -1.02. The Labute approximate surface area is 246 Å². The number of rotatable bonds is 13. The van der Waals surface area contributed by atoms with Crippen LogP contribution in [0.25, 0.3) is 10.8 Å². The largest absolute Gasteiger partial charge is 0.491 e. The number of H-pyrrole nitrogens is 1. The van der Waals surface area contributed by atoms with Crippen LogP contribution in [0, 0.1) is 6.92 Å². The maximum Gasteiger partial charge on any atom is 0.305 e. The number of hydrogen-bond donors (Lipinski definition) is 3. The van der Waals surface area contributed by atoms with Crippen LogP contribution >= 0.6 is 0 Å². The molecule has 0 radical (unpaired) electrons. The number of carbonyl (C=O) groups is 2. The number of fused-ring (bicyclic) bond motifs is 1. The van der Waals surface area contributed by atoms with Crippen LogP contribution in [0.5, 0.6) is 5.75 Å². The van der Waals surface area contributed by atoms with E-state index in [1.165, 1.54) is 0 Å². The molecule has 0 aliphatic rings. The third-order valence-electron chi connectivity index (χ3n) is 7.48. The Hall–Kier alpha value is -4.39. The third-order valence-corrected chi connectivity index (χ3v) is 7.48. The van der Waals surface area contributed by atoms with Crippen LogP contribution in [-0.4, -0.2) is 28.1 Å². The fourth-order valence-electron chi connectivity index (χ4n) is 5.50. The lowest BCUT2D eigenvalue weighted by Gasteiger charge is -2.25. The monoisotopic (exact) mass is 568 g/mol. The molecule has 220 valence electrons. The van der Waals surface area contributed by atoms with E-state index < -0.39 is 17.9 Å². The van der Waals surface area contributed by atoms with E-state index >= 15 is 0 Å². The Morgan fingerprint density at radius 1 is 1.00 bits per heavy atom. The number of pyridine rings is 1. The van der Waals surface area contributed by atoms with Crippen molar-refractivity contribution in [2.24, 2.45) is 0 Å². The number of aromatic nitrogens is 1. The molecule has 0 fully saturated rings. The van der Waals surface area contributed by atoms with Gasteiger partial charge in [0.1, 0.15) is 5.75 Å². The lowest BCUT2D eigenvalue weighted by atomic mass is 9.84. The summed E-state index contributed by atoms with van der Waals surface area (Å²) in [6.45, 7) is 7.80. The zero-order valence-electron chi connectivity index (χ0n) is 24.8. The molecule has 2 atom stereocenters. The number of aliphatic carboxylic acids is 1. The molecule has 3 N–H and O–H groups in total. The minimum Gasteiger partial charge on any atom is -0.491 e. The smallest absolute Gasteiger partial charge is 0.305 e. The average Bonchev–Trinajstić information content (AvgIpc) is 2.95. The first-order valence-electron chi connectivity index (χ1n) is 14.6. The molecule has 1 heterocycles. The number of carboxylic acids is 1. The van der Waals surface area contributed by atoms with Gasteiger partial charge < -0.3 is 20.1 Å². The van der Waals surface area contributed by atoms with Gasteiger partial charge >= 0.3 is 5.97 Å². The van der Waals surface area contributed by atoms with Gasteiger partial charge in [-0.05, 0) is 72.4 Å². The number of hydrogen-bond acceptors (Lipinski definition) is 4. The number of carbonyl (C=O) groups excluding carboxylic acids is 1. The number of ether oxygens (including phenoxy) is 1. The fourth-order valence-corrected chi connectivity index (χ4v) is 5.50. The maximum atomic E-state index is 14.1. The quantitative estimate of drug-likeness (QED) is 0.164. The Bertz CT molecular complexity index is 1610. The van der Waals surface area contributed by atoms with Crippen LogP contribution in [0.15, 0.2) is 77.7 Å². The molecule has 42 heavy (non-hydrogen) atoms. The highest BCUT2D eigenvalue weighted by molar-refractivity contribution is 5.86. The zero-order chi connectivity index (χ0) is 30.2. The second-order valence-corrected chi connectivity index (χ2v) is 11.1. The second kappa shape index (κ2) is 14.0. The molecule has 7 heteroatoms. The normalized spacial score (nSPS) is 12.7. The molecule has 0 bridgehead atoms. The van der Waals surface area contributed by atoms with Gasteiger partial charge in [-0.2, -0.15) is 0 Å². The van der Waals surface area contributed by atoms with Crippen LogP contribution in [0.3, 0.4) is 0 Å². The molecule has 7 nitrogen and oxygen atoms in total. The molecule has 3 aromatic carbocycles. The van der Waals surface area contributed by atoms with Crippen LogP contribution < -0.4 is 15.6 Å². The Balaban J connectivity index is 1.71. The van der Waals surface area contributed by atoms with Crippen molar-refractivity contribution < 1.29 is 19.4 Å². The molecule has 1 aromatic heterocycles. The van der Waals surface area contributed by atoms with E-state index in [1.54, 1.807) is 24.4 Å². The first kappa shape index (κ1) is 30.6. The van der Waals surface area contributed by atoms with Gasteiger partial charge in [-0.1, -0.05) is 74.4 Å². The predicted molar refractivity (Wildman–Crippen MR) is 166 cm³/mol. The van der Waals surface area contributed by atoms with Crippen LogP contribution in [0.1, 0.15) is 86.2 Å². The van der Waals surface area contributed by atoms with Gasteiger partial charge in [0.05, 0.1) is 24.5 Å². The fraction of sp³-hybridized carbons (Fsp3) is 0.343. The zero-order valence-corrected chi connectivity index (χ0v) is 24.8. The van der Waals surface area contributed by atoms with Gasteiger partial charge in [0.25, 0.3) is 5.56 Å². The number of amides is 1. The SMILES string of the molecule is CCCCC(C(=O)N[C@@H](CC(=O)O)c1cccc(OC(C)C)c1)c1c(C)c[nH]c(=O)c1Cc1ccc2ccccc2c1. The van der Waals surface area contributed by atoms with E-state index in [-0.39, 0.29) is 24.0 Å². The van der Waals surface area contributed by atoms with Gasteiger partial charge in [0, 0.05) is 18.2 Å². The van der Waals surface area contributed by atoms with Crippen molar-refractivity contribution in [2.75, 3.05) is 0 Å². The summed E-state index contributed by atoms with van der Waals surface area (Å²) in [6, 6.07) is 20.6. The first-order chi connectivity index (χ1) is 20.2. The van der Waals surface area contributed by atoms with E-state index in [9.17, 15) is 19.5 Å². The number of aryl methyl sites for hydroxylation is 1. The molecule has 0 aliphatic heterocycles. The predicted octanol–water partition coefficient (Wildman–Crippen LogP) is 6.82. The summed E-state index contributed by atoms with van der Waals surface area (Å²) in [5.74, 6) is -1.32. The van der Waals surface area contributed by atoms with Crippen molar-refractivity contribution in [2.45, 2.75) is 77.9 Å². The average molecular weight is 569 g/mol. The Morgan fingerprint density at radius 2 is 1.76 bits per heavy atom. The molecule has 4 aromatic rings. The van der Waals surface area contributed by atoms with Crippen molar-refractivity contribution in [1.29, 1.82) is 0 Å². The summed E-state index contributed by atoms with van der Waals surface area (Å²) in [7, 11) is 0. The molecular weight excluding hydrogens is 528 g/mol. The number of aromatic amines is 1. The highest BCUT2D eigenvalue weighted by atomic mass is 16.5. The lowest BCUT2D eigenvalue weighted by Crippen LogP contribution is -2.35. The molecule has 1 unspecified atom stereocenters.